The number of hydrogen-bond donors (Lipinski definition) is 0. The summed E-state index contributed by atoms with van der Waals surface area (Å²) in [6.45, 7) is -0.952. The molecule has 1 aliphatic rings. The molecule has 1 aliphatic heterocycles. The fourth-order valence-corrected chi connectivity index (χ4v) is 2.79. The number of carbonyl (C=O) groups is 3. The molecule has 0 spiro atoms. The summed E-state index contributed by atoms with van der Waals surface area (Å²) in [5.74, 6) is -3.35. The van der Waals surface area contributed by atoms with Gasteiger partial charge in [0.25, 0.3) is 11.8 Å². The summed E-state index contributed by atoms with van der Waals surface area (Å²) in [5, 5.41) is 10.9. The predicted octanol–water partition coefficient (Wildman–Crippen LogP) is 1.98. The number of fused-ring (bicyclic) bond motifs is 1. The molecule has 0 aromatic heterocycles. The van der Waals surface area contributed by atoms with Crippen LogP contribution in [0.5, 0.6) is 0 Å². The number of carboxylic acids is 1. The Morgan fingerprint density at radius 2 is 1.67 bits per heavy atom. The second kappa shape index (κ2) is 6.71. The summed E-state index contributed by atoms with van der Waals surface area (Å²) in [5.41, 5.74) is -0.580. The molecule has 2 aromatic rings. The Hall–Kier alpha value is -3.42. The van der Waals surface area contributed by atoms with E-state index in [-0.39, 0.29) is 22.3 Å². The van der Waals surface area contributed by atoms with Crippen LogP contribution in [0.4, 0.5) is 13.2 Å². The summed E-state index contributed by atoms with van der Waals surface area (Å²) in [6.07, 6.45) is -3.36. The molecule has 0 unspecified atom stereocenters. The summed E-state index contributed by atoms with van der Waals surface area (Å²) in [6, 6.07) is 10.3. The molecule has 0 fully saturated rings. The summed E-state index contributed by atoms with van der Waals surface area (Å²) < 4.78 is 38.7. The van der Waals surface area contributed by atoms with Crippen LogP contribution in [0.1, 0.15) is 27.0 Å². The molecule has 138 valence electrons. The van der Waals surface area contributed by atoms with E-state index in [1.807, 2.05) is 0 Å². The zero-order valence-corrected chi connectivity index (χ0v) is 13.6. The highest BCUT2D eigenvalue weighted by Crippen LogP contribution is 2.33. The standard InChI is InChI=1S/C19H12F3NO4/c20-19(21,22)12-5-3-4-11(8-12)9-15-13-6-1-2-7-14(13)17(26)23(18(15)27)10-16(24)25/h1-9H,10H2,(H,24,25)/p-1/b15-9-. The molecular formula is C19H11F3NO4-. The van der Waals surface area contributed by atoms with Crippen molar-refractivity contribution in [3.05, 3.63) is 70.8 Å². The van der Waals surface area contributed by atoms with E-state index in [9.17, 15) is 32.7 Å². The summed E-state index contributed by atoms with van der Waals surface area (Å²) in [7, 11) is 0. The highest BCUT2D eigenvalue weighted by Gasteiger charge is 2.35. The Kier molecular flexibility index (Phi) is 4.57. The predicted molar refractivity (Wildman–Crippen MR) is 86.8 cm³/mol. The first kappa shape index (κ1) is 18.4. The molecule has 0 aliphatic carbocycles. The number of nitrogens with zero attached hydrogens (tertiary/aromatic N) is 1. The van der Waals surface area contributed by atoms with Crippen molar-refractivity contribution in [2.24, 2.45) is 0 Å². The van der Waals surface area contributed by atoms with Crippen molar-refractivity contribution in [2.45, 2.75) is 6.18 Å². The van der Waals surface area contributed by atoms with Gasteiger partial charge in [-0.1, -0.05) is 30.3 Å². The molecule has 8 heteroatoms. The molecule has 0 saturated carbocycles. The van der Waals surface area contributed by atoms with E-state index in [1.165, 1.54) is 36.4 Å². The molecule has 0 N–H and O–H groups in total. The Morgan fingerprint density at radius 1 is 1.00 bits per heavy atom. The van der Waals surface area contributed by atoms with E-state index >= 15 is 0 Å². The van der Waals surface area contributed by atoms with Crippen LogP contribution in [-0.4, -0.2) is 29.2 Å². The number of imide groups is 1. The lowest BCUT2D eigenvalue weighted by Gasteiger charge is -2.28. The third kappa shape index (κ3) is 3.59. The van der Waals surface area contributed by atoms with E-state index in [0.717, 1.165) is 12.1 Å². The molecule has 2 aromatic carbocycles. The minimum absolute atomic E-state index is 0.0780. The van der Waals surface area contributed by atoms with Crippen molar-refractivity contribution in [3.8, 4) is 0 Å². The average molecular weight is 374 g/mol. The quantitative estimate of drug-likeness (QED) is 0.608. The lowest BCUT2D eigenvalue weighted by atomic mass is 9.92. The van der Waals surface area contributed by atoms with Crippen LogP contribution in [0.3, 0.4) is 0 Å². The molecule has 1 heterocycles. The van der Waals surface area contributed by atoms with Crippen LogP contribution in [0.25, 0.3) is 11.6 Å². The second-order valence-corrected chi connectivity index (χ2v) is 5.80. The Bertz CT molecular complexity index is 979. The largest absolute Gasteiger partial charge is 0.548 e. The van der Waals surface area contributed by atoms with Gasteiger partial charge < -0.3 is 9.90 Å². The number of carboxylic acid groups (broad SMARTS) is 1. The highest BCUT2D eigenvalue weighted by molar-refractivity contribution is 6.34. The van der Waals surface area contributed by atoms with E-state index in [2.05, 4.69) is 0 Å². The maximum Gasteiger partial charge on any atom is 0.416 e. The topological polar surface area (TPSA) is 77.5 Å². The molecule has 27 heavy (non-hydrogen) atoms. The third-order valence-corrected chi connectivity index (χ3v) is 3.98. The molecule has 0 bridgehead atoms. The van der Waals surface area contributed by atoms with Gasteiger partial charge in [-0.05, 0) is 35.4 Å². The average Bonchev–Trinajstić information content (AvgIpc) is 2.61. The van der Waals surface area contributed by atoms with Crippen LogP contribution >= 0.6 is 0 Å². The van der Waals surface area contributed by atoms with Gasteiger partial charge in [-0.3, -0.25) is 14.5 Å². The molecule has 0 saturated heterocycles. The monoisotopic (exact) mass is 374 g/mol. The smallest absolute Gasteiger partial charge is 0.416 e. The number of amides is 2. The molecular weight excluding hydrogens is 363 g/mol. The van der Waals surface area contributed by atoms with Gasteiger partial charge in [-0.25, -0.2) is 0 Å². The van der Waals surface area contributed by atoms with Crippen LogP contribution in [-0.2, 0) is 15.8 Å². The first-order valence-corrected chi connectivity index (χ1v) is 7.73. The van der Waals surface area contributed by atoms with Crippen LogP contribution in [0, 0.1) is 0 Å². The van der Waals surface area contributed by atoms with Crippen molar-refractivity contribution in [1.29, 1.82) is 0 Å². The lowest BCUT2D eigenvalue weighted by Crippen LogP contribution is -2.47. The lowest BCUT2D eigenvalue weighted by molar-refractivity contribution is -0.305. The summed E-state index contributed by atoms with van der Waals surface area (Å²) in [4.78, 5) is 36.4. The maximum atomic E-state index is 12.9. The van der Waals surface area contributed by atoms with Gasteiger partial charge in [0.05, 0.1) is 18.1 Å². The third-order valence-electron chi connectivity index (χ3n) is 3.98. The number of rotatable bonds is 3. The zero-order chi connectivity index (χ0) is 19.8. The first-order chi connectivity index (χ1) is 12.7. The number of aliphatic carboxylic acids is 1. The van der Waals surface area contributed by atoms with Gasteiger partial charge in [0.15, 0.2) is 0 Å². The van der Waals surface area contributed by atoms with Gasteiger partial charge in [-0.2, -0.15) is 13.2 Å². The minimum atomic E-state index is -4.56. The Labute approximate surface area is 151 Å². The number of hydrogen-bond acceptors (Lipinski definition) is 4. The number of carbonyl (C=O) groups excluding carboxylic acids is 3. The number of halogens is 3. The summed E-state index contributed by atoms with van der Waals surface area (Å²) >= 11 is 0. The minimum Gasteiger partial charge on any atom is -0.548 e. The molecule has 0 atom stereocenters. The second-order valence-electron chi connectivity index (χ2n) is 5.80. The number of alkyl halides is 3. The van der Waals surface area contributed by atoms with Crippen molar-refractivity contribution in [3.63, 3.8) is 0 Å². The Balaban J connectivity index is 2.14. The van der Waals surface area contributed by atoms with Gasteiger partial charge in [0.1, 0.15) is 0 Å². The molecule has 0 radical (unpaired) electrons. The maximum absolute atomic E-state index is 12.9. The van der Waals surface area contributed by atoms with Crippen molar-refractivity contribution in [2.75, 3.05) is 6.54 Å². The van der Waals surface area contributed by atoms with Gasteiger partial charge >= 0.3 is 6.18 Å². The molecule has 2 amide bonds. The Morgan fingerprint density at radius 3 is 2.30 bits per heavy atom. The van der Waals surface area contributed by atoms with Crippen LogP contribution in [0.2, 0.25) is 0 Å². The van der Waals surface area contributed by atoms with Gasteiger partial charge in [-0.15, -0.1) is 0 Å². The zero-order valence-electron chi connectivity index (χ0n) is 13.6. The van der Waals surface area contributed by atoms with Crippen molar-refractivity contribution in [1.82, 2.24) is 4.90 Å². The molecule has 3 rings (SSSR count). The van der Waals surface area contributed by atoms with Gasteiger partial charge in [0, 0.05) is 11.1 Å². The first-order valence-electron chi connectivity index (χ1n) is 7.73. The number of benzene rings is 2. The van der Waals surface area contributed by atoms with Crippen molar-refractivity contribution < 1.29 is 32.7 Å². The fourth-order valence-electron chi connectivity index (χ4n) is 2.79. The van der Waals surface area contributed by atoms with E-state index < -0.39 is 36.1 Å². The fraction of sp³-hybridized carbons (Fsp3) is 0.105. The van der Waals surface area contributed by atoms with E-state index in [4.69, 9.17) is 0 Å². The van der Waals surface area contributed by atoms with E-state index in [1.54, 1.807) is 6.07 Å². The SMILES string of the molecule is O=C([O-])CN1C(=O)/C(=C\c2cccc(C(F)(F)F)c2)c2ccccc2C1=O. The normalized spacial score (nSPS) is 15.8. The molecule has 5 nitrogen and oxygen atoms in total. The van der Waals surface area contributed by atoms with Gasteiger partial charge in [0.2, 0.25) is 0 Å². The van der Waals surface area contributed by atoms with Crippen LogP contribution in [0.15, 0.2) is 48.5 Å². The van der Waals surface area contributed by atoms with E-state index in [0.29, 0.717) is 4.90 Å². The van der Waals surface area contributed by atoms with Crippen molar-refractivity contribution >= 4 is 29.4 Å². The highest BCUT2D eigenvalue weighted by atomic mass is 19.4. The van der Waals surface area contributed by atoms with Crippen LogP contribution < -0.4 is 5.11 Å².